The second kappa shape index (κ2) is 6.28. The molecule has 0 radical (unpaired) electrons. The van der Waals surface area contributed by atoms with Crippen LogP contribution in [0.1, 0.15) is 24.5 Å². The minimum absolute atomic E-state index is 0.426. The average molecular weight is 221 g/mol. The van der Waals surface area contributed by atoms with E-state index >= 15 is 0 Å². The number of aliphatic carboxylic acids is 1. The summed E-state index contributed by atoms with van der Waals surface area (Å²) >= 11 is 0. The third kappa shape index (κ3) is 4.03. The number of nitrogens with one attached hydrogen (secondary N) is 1. The first kappa shape index (κ1) is 12.7. The molecule has 0 heterocycles. The highest BCUT2D eigenvalue weighted by Crippen LogP contribution is 2.04. The van der Waals surface area contributed by atoms with Crippen molar-refractivity contribution in [1.29, 1.82) is 0 Å². The molecular weight excluding hydrogens is 202 g/mol. The molecule has 2 N–H and O–H groups in total. The van der Waals surface area contributed by atoms with Crippen molar-refractivity contribution in [3.05, 3.63) is 35.4 Å². The zero-order valence-electron chi connectivity index (χ0n) is 9.86. The summed E-state index contributed by atoms with van der Waals surface area (Å²) in [5.41, 5.74) is 2.48. The van der Waals surface area contributed by atoms with Crippen molar-refractivity contribution in [1.82, 2.24) is 5.32 Å². The second-order valence-electron chi connectivity index (χ2n) is 3.99. The quantitative estimate of drug-likeness (QED) is 0.772. The van der Waals surface area contributed by atoms with Crippen molar-refractivity contribution in [2.75, 3.05) is 6.54 Å². The van der Waals surface area contributed by atoms with Gasteiger partial charge in [0.15, 0.2) is 0 Å². The molecule has 0 spiro atoms. The molecule has 0 aliphatic carbocycles. The topological polar surface area (TPSA) is 49.3 Å². The van der Waals surface area contributed by atoms with Crippen LogP contribution in [0.4, 0.5) is 0 Å². The van der Waals surface area contributed by atoms with Crippen LogP contribution in [0.15, 0.2) is 24.3 Å². The SMILES string of the molecule is CCC(NCCc1cccc(C)c1)C(=O)O. The summed E-state index contributed by atoms with van der Waals surface area (Å²) in [4.78, 5) is 10.8. The van der Waals surface area contributed by atoms with Crippen LogP contribution in [0.3, 0.4) is 0 Å². The maximum Gasteiger partial charge on any atom is 0.320 e. The largest absolute Gasteiger partial charge is 0.480 e. The molecule has 0 aromatic heterocycles. The molecule has 0 fully saturated rings. The molecule has 1 aromatic rings. The van der Waals surface area contributed by atoms with E-state index in [1.807, 2.05) is 13.0 Å². The fourth-order valence-corrected chi connectivity index (χ4v) is 1.66. The summed E-state index contributed by atoms with van der Waals surface area (Å²) < 4.78 is 0. The van der Waals surface area contributed by atoms with Gasteiger partial charge in [0.05, 0.1) is 0 Å². The molecule has 0 aliphatic heterocycles. The van der Waals surface area contributed by atoms with Crippen molar-refractivity contribution in [2.45, 2.75) is 32.7 Å². The van der Waals surface area contributed by atoms with Crippen LogP contribution < -0.4 is 5.32 Å². The standard InChI is InChI=1S/C13H19NO2/c1-3-12(13(15)16)14-8-7-11-6-4-5-10(2)9-11/h4-6,9,12,14H,3,7-8H2,1-2H3,(H,15,16). The van der Waals surface area contributed by atoms with Crippen LogP contribution in [0.5, 0.6) is 0 Å². The van der Waals surface area contributed by atoms with E-state index in [4.69, 9.17) is 5.11 Å². The number of carboxylic acids is 1. The van der Waals surface area contributed by atoms with E-state index in [0.717, 1.165) is 6.42 Å². The van der Waals surface area contributed by atoms with Gasteiger partial charge in [-0.15, -0.1) is 0 Å². The number of rotatable bonds is 6. The molecule has 1 aromatic carbocycles. The first-order chi connectivity index (χ1) is 7.63. The molecule has 1 rings (SSSR count). The monoisotopic (exact) mass is 221 g/mol. The summed E-state index contributed by atoms with van der Waals surface area (Å²) in [5.74, 6) is -0.772. The molecular formula is C13H19NO2. The van der Waals surface area contributed by atoms with E-state index in [1.165, 1.54) is 11.1 Å². The maximum atomic E-state index is 10.8. The van der Waals surface area contributed by atoms with Gasteiger partial charge in [0.25, 0.3) is 0 Å². The van der Waals surface area contributed by atoms with Crippen LogP contribution in [0.25, 0.3) is 0 Å². The number of aryl methyl sites for hydroxylation is 1. The Morgan fingerprint density at radius 1 is 1.50 bits per heavy atom. The van der Waals surface area contributed by atoms with Gasteiger partial charge in [-0.05, 0) is 31.9 Å². The summed E-state index contributed by atoms with van der Waals surface area (Å²) in [6.07, 6.45) is 1.48. The first-order valence-corrected chi connectivity index (χ1v) is 5.65. The second-order valence-corrected chi connectivity index (χ2v) is 3.99. The summed E-state index contributed by atoms with van der Waals surface area (Å²) in [6, 6.07) is 7.85. The van der Waals surface area contributed by atoms with Gasteiger partial charge in [0.2, 0.25) is 0 Å². The predicted molar refractivity (Wildman–Crippen MR) is 64.6 cm³/mol. The zero-order valence-corrected chi connectivity index (χ0v) is 9.86. The van der Waals surface area contributed by atoms with Crippen LogP contribution in [0, 0.1) is 6.92 Å². The Kier molecular flexibility index (Phi) is 4.99. The minimum Gasteiger partial charge on any atom is -0.480 e. The van der Waals surface area contributed by atoms with Gasteiger partial charge in [-0.1, -0.05) is 36.8 Å². The van der Waals surface area contributed by atoms with Gasteiger partial charge in [0, 0.05) is 0 Å². The number of hydrogen-bond donors (Lipinski definition) is 2. The lowest BCUT2D eigenvalue weighted by Crippen LogP contribution is -2.37. The van der Waals surface area contributed by atoms with E-state index in [0.29, 0.717) is 13.0 Å². The third-order valence-corrected chi connectivity index (χ3v) is 2.59. The van der Waals surface area contributed by atoms with Crippen molar-refractivity contribution in [3.8, 4) is 0 Å². The van der Waals surface area contributed by atoms with Crippen molar-refractivity contribution in [2.24, 2.45) is 0 Å². The predicted octanol–water partition coefficient (Wildman–Crippen LogP) is 1.99. The van der Waals surface area contributed by atoms with Gasteiger partial charge in [-0.2, -0.15) is 0 Å². The molecule has 0 bridgehead atoms. The van der Waals surface area contributed by atoms with Crippen LogP contribution in [-0.4, -0.2) is 23.7 Å². The van der Waals surface area contributed by atoms with Gasteiger partial charge in [0.1, 0.15) is 6.04 Å². The van der Waals surface area contributed by atoms with Crippen LogP contribution in [-0.2, 0) is 11.2 Å². The molecule has 0 aliphatic rings. The molecule has 0 amide bonds. The zero-order chi connectivity index (χ0) is 12.0. The highest BCUT2D eigenvalue weighted by atomic mass is 16.4. The highest BCUT2D eigenvalue weighted by molar-refractivity contribution is 5.73. The molecule has 3 heteroatoms. The molecule has 1 atom stereocenters. The normalized spacial score (nSPS) is 12.4. The number of carboxylic acid groups (broad SMARTS) is 1. The molecule has 0 saturated carbocycles. The number of hydrogen-bond acceptors (Lipinski definition) is 2. The van der Waals surface area contributed by atoms with E-state index in [1.54, 1.807) is 0 Å². The Balaban J connectivity index is 2.38. The van der Waals surface area contributed by atoms with Crippen LogP contribution >= 0.6 is 0 Å². The Bertz CT molecular complexity index is 350. The van der Waals surface area contributed by atoms with E-state index < -0.39 is 12.0 Å². The summed E-state index contributed by atoms with van der Waals surface area (Å²) in [5, 5.41) is 11.9. The van der Waals surface area contributed by atoms with Crippen molar-refractivity contribution in [3.63, 3.8) is 0 Å². The molecule has 1 unspecified atom stereocenters. The van der Waals surface area contributed by atoms with E-state index in [2.05, 4.69) is 30.4 Å². The Morgan fingerprint density at radius 3 is 2.81 bits per heavy atom. The third-order valence-electron chi connectivity index (χ3n) is 2.59. The lowest BCUT2D eigenvalue weighted by atomic mass is 10.1. The molecule has 3 nitrogen and oxygen atoms in total. The van der Waals surface area contributed by atoms with Gasteiger partial charge < -0.3 is 10.4 Å². The Morgan fingerprint density at radius 2 is 2.25 bits per heavy atom. The lowest BCUT2D eigenvalue weighted by molar-refractivity contribution is -0.139. The number of benzene rings is 1. The molecule has 88 valence electrons. The highest BCUT2D eigenvalue weighted by Gasteiger charge is 2.12. The average Bonchev–Trinajstić information content (AvgIpc) is 2.24. The van der Waals surface area contributed by atoms with Crippen molar-refractivity contribution >= 4 is 5.97 Å². The molecule has 16 heavy (non-hydrogen) atoms. The fourth-order valence-electron chi connectivity index (χ4n) is 1.66. The first-order valence-electron chi connectivity index (χ1n) is 5.65. The number of carbonyl (C=O) groups is 1. The Hall–Kier alpha value is -1.35. The van der Waals surface area contributed by atoms with Crippen molar-refractivity contribution < 1.29 is 9.90 Å². The van der Waals surface area contributed by atoms with Gasteiger partial charge >= 0.3 is 5.97 Å². The summed E-state index contributed by atoms with van der Waals surface area (Å²) in [7, 11) is 0. The summed E-state index contributed by atoms with van der Waals surface area (Å²) in [6.45, 7) is 4.63. The van der Waals surface area contributed by atoms with Gasteiger partial charge in [-0.3, -0.25) is 4.79 Å². The maximum absolute atomic E-state index is 10.8. The van der Waals surface area contributed by atoms with Gasteiger partial charge in [-0.25, -0.2) is 0 Å². The Labute approximate surface area is 96.5 Å². The van der Waals surface area contributed by atoms with Crippen LogP contribution in [0.2, 0.25) is 0 Å². The van der Waals surface area contributed by atoms with E-state index in [-0.39, 0.29) is 0 Å². The fraction of sp³-hybridized carbons (Fsp3) is 0.462. The minimum atomic E-state index is -0.772. The lowest BCUT2D eigenvalue weighted by Gasteiger charge is -2.11. The smallest absolute Gasteiger partial charge is 0.320 e. The van der Waals surface area contributed by atoms with E-state index in [9.17, 15) is 4.79 Å². The molecule has 0 saturated heterocycles.